The maximum absolute atomic E-state index is 3.51. The Bertz CT molecular complexity index is 424. The maximum Gasteiger partial charge on any atom is 0.0328 e. The molecule has 2 atom stereocenters. The fraction of sp³-hybridized carbons (Fsp3) is 0.667. The van der Waals surface area contributed by atoms with Crippen LogP contribution in [0.3, 0.4) is 0 Å². The molecule has 0 radical (unpaired) electrons. The van der Waals surface area contributed by atoms with Crippen LogP contribution in [0.25, 0.3) is 0 Å². The predicted molar refractivity (Wildman–Crippen MR) is 87.3 cm³/mol. The minimum atomic E-state index is 0.514. The molecule has 1 heterocycles. The van der Waals surface area contributed by atoms with Crippen LogP contribution in [0.4, 0.5) is 0 Å². The highest BCUT2D eigenvalue weighted by molar-refractivity contribution is 5.39. The van der Waals surface area contributed by atoms with E-state index in [1.54, 1.807) is 0 Å². The highest BCUT2D eigenvalue weighted by Gasteiger charge is 2.27. The molecule has 0 aliphatic carbocycles. The lowest BCUT2D eigenvalue weighted by atomic mass is 9.93. The molecule has 1 aliphatic rings. The lowest BCUT2D eigenvalue weighted by Crippen LogP contribution is -2.39. The van der Waals surface area contributed by atoms with Crippen molar-refractivity contribution in [2.24, 2.45) is 0 Å². The summed E-state index contributed by atoms with van der Waals surface area (Å²) in [5.74, 6) is 0. The fourth-order valence-corrected chi connectivity index (χ4v) is 3.89. The Morgan fingerprint density at radius 3 is 2.40 bits per heavy atom. The summed E-state index contributed by atoms with van der Waals surface area (Å²) < 4.78 is 0. The van der Waals surface area contributed by atoms with Crippen LogP contribution in [-0.4, -0.2) is 30.6 Å². The van der Waals surface area contributed by atoms with Gasteiger partial charge in [0.25, 0.3) is 0 Å². The van der Waals surface area contributed by atoms with Gasteiger partial charge in [0, 0.05) is 18.6 Å². The van der Waals surface area contributed by atoms with Crippen molar-refractivity contribution in [3.05, 3.63) is 34.4 Å². The zero-order valence-electron chi connectivity index (χ0n) is 13.8. The summed E-state index contributed by atoms with van der Waals surface area (Å²) in [6.07, 6.45) is 2.51. The van der Waals surface area contributed by atoms with E-state index >= 15 is 0 Å². The van der Waals surface area contributed by atoms with Gasteiger partial charge in [-0.3, -0.25) is 4.90 Å². The fourth-order valence-electron chi connectivity index (χ4n) is 3.89. The minimum absolute atomic E-state index is 0.514. The van der Waals surface area contributed by atoms with Crippen LogP contribution >= 0.6 is 0 Å². The number of hydrogen-bond donors (Lipinski definition) is 1. The van der Waals surface area contributed by atoms with E-state index in [4.69, 9.17) is 0 Å². The van der Waals surface area contributed by atoms with Gasteiger partial charge in [0.15, 0.2) is 0 Å². The van der Waals surface area contributed by atoms with Gasteiger partial charge in [0.1, 0.15) is 0 Å². The van der Waals surface area contributed by atoms with Crippen LogP contribution in [0, 0.1) is 20.8 Å². The Kier molecular flexibility index (Phi) is 5.22. The van der Waals surface area contributed by atoms with E-state index in [0.29, 0.717) is 12.1 Å². The molecule has 1 aromatic rings. The molecule has 2 rings (SSSR count). The third kappa shape index (κ3) is 3.24. The van der Waals surface area contributed by atoms with Crippen LogP contribution in [0.2, 0.25) is 0 Å². The van der Waals surface area contributed by atoms with E-state index in [0.717, 1.165) is 6.54 Å². The molecule has 1 N–H and O–H groups in total. The standard InChI is InChI=1S/C18H30N2/c1-6-9-20(17-7-8-19-12-17)16(5)18-14(3)10-13(2)11-15(18)4/h10-11,16-17,19H,6-9,12H2,1-5H3. The van der Waals surface area contributed by atoms with E-state index in [9.17, 15) is 0 Å². The summed E-state index contributed by atoms with van der Waals surface area (Å²) in [5, 5.41) is 3.51. The molecule has 20 heavy (non-hydrogen) atoms. The smallest absolute Gasteiger partial charge is 0.0328 e. The summed E-state index contributed by atoms with van der Waals surface area (Å²) in [5.41, 5.74) is 5.81. The molecule has 0 bridgehead atoms. The summed E-state index contributed by atoms with van der Waals surface area (Å²) in [6.45, 7) is 14.9. The van der Waals surface area contributed by atoms with E-state index in [1.807, 2.05) is 0 Å². The van der Waals surface area contributed by atoms with E-state index in [-0.39, 0.29) is 0 Å². The van der Waals surface area contributed by atoms with Crippen LogP contribution in [0.5, 0.6) is 0 Å². The SMILES string of the molecule is CCCN(C1CCNC1)C(C)c1c(C)cc(C)cc1C. The average Bonchev–Trinajstić information content (AvgIpc) is 2.87. The van der Waals surface area contributed by atoms with Crippen molar-refractivity contribution in [1.82, 2.24) is 10.2 Å². The van der Waals surface area contributed by atoms with E-state index in [2.05, 4.69) is 57.0 Å². The largest absolute Gasteiger partial charge is 0.315 e. The van der Waals surface area contributed by atoms with Gasteiger partial charge in [-0.15, -0.1) is 0 Å². The zero-order valence-corrected chi connectivity index (χ0v) is 13.8. The third-order valence-electron chi connectivity index (χ3n) is 4.64. The van der Waals surface area contributed by atoms with Crippen molar-refractivity contribution < 1.29 is 0 Å². The first-order chi connectivity index (χ1) is 9.54. The van der Waals surface area contributed by atoms with Crippen LogP contribution in [-0.2, 0) is 0 Å². The van der Waals surface area contributed by atoms with Crippen molar-refractivity contribution in [3.63, 3.8) is 0 Å². The lowest BCUT2D eigenvalue weighted by Gasteiger charge is -2.35. The molecule has 0 aromatic heterocycles. The van der Waals surface area contributed by atoms with E-state index < -0.39 is 0 Å². The van der Waals surface area contributed by atoms with Gasteiger partial charge < -0.3 is 5.32 Å². The Labute approximate surface area is 124 Å². The van der Waals surface area contributed by atoms with Gasteiger partial charge in [0.05, 0.1) is 0 Å². The normalized spacial score (nSPS) is 20.6. The summed E-state index contributed by atoms with van der Waals surface area (Å²) >= 11 is 0. The van der Waals surface area contributed by atoms with Crippen LogP contribution in [0.1, 0.15) is 55.0 Å². The first kappa shape index (κ1) is 15.5. The number of aryl methyl sites for hydroxylation is 3. The number of hydrogen-bond acceptors (Lipinski definition) is 2. The molecule has 0 saturated carbocycles. The second-order valence-corrected chi connectivity index (χ2v) is 6.37. The third-order valence-corrected chi connectivity index (χ3v) is 4.64. The number of rotatable bonds is 5. The molecule has 2 heteroatoms. The molecule has 0 spiro atoms. The molecule has 2 unspecified atom stereocenters. The van der Waals surface area contributed by atoms with Gasteiger partial charge in [-0.05, 0) is 70.3 Å². The molecule has 1 aromatic carbocycles. The topological polar surface area (TPSA) is 15.3 Å². The highest BCUT2D eigenvalue weighted by atomic mass is 15.2. The van der Waals surface area contributed by atoms with Crippen molar-refractivity contribution in [1.29, 1.82) is 0 Å². The van der Waals surface area contributed by atoms with E-state index in [1.165, 1.54) is 48.2 Å². The van der Waals surface area contributed by atoms with Crippen LogP contribution < -0.4 is 5.32 Å². The molecule has 1 aliphatic heterocycles. The molecule has 1 saturated heterocycles. The van der Waals surface area contributed by atoms with Crippen molar-refractivity contribution in [3.8, 4) is 0 Å². The molecule has 0 amide bonds. The number of nitrogens with one attached hydrogen (secondary N) is 1. The lowest BCUT2D eigenvalue weighted by molar-refractivity contribution is 0.153. The highest BCUT2D eigenvalue weighted by Crippen LogP contribution is 2.30. The first-order valence-corrected chi connectivity index (χ1v) is 8.08. The number of benzene rings is 1. The summed E-state index contributed by atoms with van der Waals surface area (Å²) in [4.78, 5) is 2.71. The van der Waals surface area contributed by atoms with Gasteiger partial charge >= 0.3 is 0 Å². The second kappa shape index (κ2) is 6.73. The minimum Gasteiger partial charge on any atom is -0.315 e. The average molecular weight is 274 g/mol. The molecule has 2 nitrogen and oxygen atoms in total. The Hall–Kier alpha value is -0.860. The maximum atomic E-state index is 3.51. The van der Waals surface area contributed by atoms with Gasteiger partial charge in [0.2, 0.25) is 0 Å². The molecular formula is C18H30N2. The summed E-state index contributed by atoms with van der Waals surface area (Å²) in [7, 11) is 0. The monoisotopic (exact) mass is 274 g/mol. The molecular weight excluding hydrogens is 244 g/mol. The Balaban J connectivity index is 2.29. The van der Waals surface area contributed by atoms with Crippen molar-refractivity contribution in [2.75, 3.05) is 19.6 Å². The summed E-state index contributed by atoms with van der Waals surface area (Å²) in [6, 6.07) is 5.87. The van der Waals surface area contributed by atoms with Crippen LogP contribution in [0.15, 0.2) is 12.1 Å². The molecule has 112 valence electrons. The predicted octanol–water partition coefficient (Wildman–Crippen LogP) is 3.75. The first-order valence-electron chi connectivity index (χ1n) is 8.08. The van der Waals surface area contributed by atoms with Crippen molar-refractivity contribution in [2.45, 2.75) is 59.5 Å². The molecule has 1 fully saturated rings. The number of nitrogens with zero attached hydrogens (tertiary/aromatic N) is 1. The van der Waals surface area contributed by atoms with Gasteiger partial charge in [-0.25, -0.2) is 0 Å². The van der Waals surface area contributed by atoms with Crippen molar-refractivity contribution >= 4 is 0 Å². The Morgan fingerprint density at radius 2 is 1.90 bits per heavy atom. The second-order valence-electron chi connectivity index (χ2n) is 6.37. The zero-order chi connectivity index (χ0) is 14.7. The Morgan fingerprint density at radius 1 is 1.25 bits per heavy atom. The quantitative estimate of drug-likeness (QED) is 0.880. The van der Waals surface area contributed by atoms with Gasteiger partial charge in [-0.2, -0.15) is 0 Å². The van der Waals surface area contributed by atoms with Gasteiger partial charge in [-0.1, -0.05) is 24.6 Å².